The molecule has 158 valence electrons. The van der Waals surface area contributed by atoms with E-state index in [1.807, 2.05) is 49.1 Å². The number of likely N-dealkylation sites (tertiary alicyclic amines) is 1. The van der Waals surface area contributed by atoms with Gasteiger partial charge in [-0.3, -0.25) is 10.1 Å². The van der Waals surface area contributed by atoms with Crippen LogP contribution in [0.1, 0.15) is 40.8 Å². The van der Waals surface area contributed by atoms with Gasteiger partial charge < -0.3 is 15.7 Å². The van der Waals surface area contributed by atoms with Crippen LogP contribution in [0.15, 0.2) is 30.3 Å². The molecule has 3 heterocycles. The predicted molar refractivity (Wildman–Crippen MR) is 119 cm³/mol. The third-order valence-corrected chi connectivity index (χ3v) is 6.96. The van der Waals surface area contributed by atoms with Crippen LogP contribution in [0.4, 0.5) is 5.69 Å². The number of nitrogens with two attached hydrogens (primary N) is 1. The number of nitrogen functional groups attached to an aromatic ring is 1. The Labute approximate surface area is 179 Å². The van der Waals surface area contributed by atoms with Crippen LogP contribution in [0.25, 0.3) is 10.2 Å². The number of thiophene rings is 1. The molecule has 1 fully saturated rings. The fraction of sp³-hybridized carbons (Fsp3) is 0.409. The average molecular weight is 426 g/mol. The zero-order valence-electron chi connectivity index (χ0n) is 17.3. The number of aryl methyl sites for hydroxylation is 3. The highest BCUT2D eigenvalue weighted by molar-refractivity contribution is 7.19. The number of fused-ring (bicyclic) bond motifs is 1. The molecule has 8 heteroatoms. The van der Waals surface area contributed by atoms with E-state index in [-0.39, 0.29) is 11.9 Å². The third kappa shape index (κ3) is 4.16. The van der Waals surface area contributed by atoms with Gasteiger partial charge in [-0.1, -0.05) is 30.3 Å². The van der Waals surface area contributed by atoms with E-state index in [0.717, 1.165) is 34.3 Å². The van der Waals surface area contributed by atoms with Crippen molar-refractivity contribution in [1.82, 2.24) is 20.4 Å². The number of aliphatic hydroxyl groups is 1. The number of nitrogens with zero attached hydrogens (tertiary/aromatic N) is 3. The van der Waals surface area contributed by atoms with Gasteiger partial charge in [-0.05, 0) is 37.8 Å². The Morgan fingerprint density at radius 3 is 2.87 bits per heavy atom. The maximum atomic E-state index is 12.6. The van der Waals surface area contributed by atoms with Crippen molar-refractivity contribution in [3.05, 3.63) is 52.0 Å². The molecule has 0 bridgehead atoms. The van der Waals surface area contributed by atoms with E-state index >= 15 is 0 Å². The molecule has 0 saturated carbocycles. The Bertz CT molecular complexity index is 1050. The van der Waals surface area contributed by atoms with Crippen molar-refractivity contribution >= 4 is 33.1 Å². The van der Waals surface area contributed by atoms with Gasteiger partial charge in [0.1, 0.15) is 11.1 Å². The zero-order valence-corrected chi connectivity index (χ0v) is 18.1. The second-order valence-electron chi connectivity index (χ2n) is 7.85. The quantitative estimate of drug-likeness (QED) is 0.525. The van der Waals surface area contributed by atoms with Crippen molar-refractivity contribution in [2.24, 2.45) is 0 Å². The summed E-state index contributed by atoms with van der Waals surface area (Å²) in [5.74, 6) is 0.153. The largest absolute Gasteiger partial charge is 0.397 e. The lowest BCUT2D eigenvalue weighted by Gasteiger charge is -2.20. The number of aliphatic hydroxyl groups excluding tert-OH is 1. The van der Waals surface area contributed by atoms with Crippen LogP contribution >= 0.6 is 11.3 Å². The number of amides is 1. The van der Waals surface area contributed by atoms with Gasteiger partial charge in [0.2, 0.25) is 5.91 Å². The summed E-state index contributed by atoms with van der Waals surface area (Å²) in [7, 11) is 0. The molecule has 0 radical (unpaired) electrons. The maximum Gasteiger partial charge on any atom is 0.222 e. The molecule has 1 amide bonds. The lowest BCUT2D eigenvalue weighted by atomic mass is 10.1. The van der Waals surface area contributed by atoms with Crippen LogP contribution in [0.2, 0.25) is 0 Å². The minimum Gasteiger partial charge on any atom is -0.397 e. The molecule has 0 spiro atoms. The summed E-state index contributed by atoms with van der Waals surface area (Å²) in [4.78, 5) is 15.8. The first-order valence-electron chi connectivity index (χ1n) is 10.2. The van der Waals surface area contributed by atoms with Crippen LogP contribution in [0.3, 0.4) is 0 Å². The second-order valence-corrected chi connectivity index (χ2v) is 8.88. The van der Waals surface area contributed by atoms with Crippen molar-refractivity contribution in [3.63, 3.8) is 0 Å². The monoisotopic (exact) mass is 425 g/mol. The summed E-state index contributed by atoms with van der Waals surface area (Å²) < 4.78 is 0. The molecule has 1 aromatic carbocycles. The van der Waals surface area contributed by atoms with Crippen LogP contribution in [0.5, 0.6) is 0 Å². The van der Waals surface area contributed by atoms with Gasteiger partial charge in [0.15, 0.2) is 0 Å². The molecule has 2 aromatic heterocycles. The summed E-state index contributed by atoms with van der Waals surface area (Å²) in [5.41, 5.74) is 9.88. The fourth-order valence-electron chi connectivity index (χ4n) is 3.94. The molecule has 3 aromatic rings. The van der Waals surface area contributed by atoms with Crippen LogP contribution in [-0.4, -0.2) is 45.2 Å². The highest BCUT2D eigenvalue weighted by atomic mass is 32.1. The summed E-state index contributed by atoms with van der Waals surface area (Å²) in [5, 5.41) is 23.2. The number of benzene rings is 1. The molecule has 2 unspecified atom stereocenters. The van der Waals surface area contributed by atoms with Gasteiger partial charge in [-0.2, -0.15) is 5.10 Å². The van der Waals surface area contributed by atoms with Crippen molar-refractivity contribution in [1.29, 1.82) is 0 Å². The van der Waals surface area contributed by atoms with Crippen LogP contribution in [-0.2, 0) is 11.2 Å². The summed E-state index contributed by atoms with van der Waals surface area (Å²) in [6.07, 6.45) is 1.15. The maximum absolute atomic E-state index is 12.6. The number of rotatable bonds is 6. The molecular formula is C22H27N5O2S. The number of carbonyl (C=O) groups excluding carboxylic acids is 1. The Balaban J connectivity index is 1.36. The normalized spacial score (nSPS) is 17.6. The van der Waals surface area contributed by atoms with Crippen molar-refractivity contribution in [3.8, 4) is 0 Å². The van der Waals surface area contributed by atoms with Crippen molar-refractivity contribution < 1.29 is 9.90 Å². The molecular weight excluding hydrogens is 398 g/mol. The number of hydrogen-bond acceptors (Lipinski definition) is 7. The number of nitrogens with one attached hydrogen (secondary N) is 1. The van der Waals surface area contributed by atoms with Gasteiger partial charge >= 0.3 is 0 Å². The Kier molecular flexibility index (Phi) is 5.99. The number of anilines is 1. The van der Waals surface area contributed by atoms with E-state index in [1.165, 1.54) is 16.9 Å². The van der Waals surface area contributed by atoms with Gasteiger partial charge in [0, 0.05) is 30.9 Å². The lowest BCUT2D eigenvalue weighted by Crippen LogP contribution is -2.37. The zero-order chi connectivity index (χ0) is 21.3. The van der Waals surface area contributed by atoms with Gasteiger partial charge in [0.25, 0.3) is 0 Å². The predicted octanol–water partition coefficient (Wildman–Crippen LogP) is 2.70. The van der Waals surface area contributed by atoms with Crippen LogP contribution in [0, 0.1) is 13.8 Å². The van der Waals surface area contributed by atoms with E-state index in [0.29, 0.717) is 30.1 Å². The standard InChI is InChI=1S/C22H27N5O2S/c1-13-14(2)25-26-22-18(13)19(23)20(30-22)21(29)24-16-10-11-27(12-16)17(28)9-8-15-6-4-3-5-7-15/h3-7,16,21,24,29H,8-12,23H2,1-2H3. The van der Waals surface area contributed by atoms with E-state index in [2.05, 4.69) is 15.5 Å². The smallest absolute Gasteiger partial charge is 0.222 e. The minimum absolute atomic E-state index is 0.0270. The van der Waals surface area contributed by atoms with E-state index in [9.17, 15) is 9.90 Å². The van der Waals surface area contributed by atoms with E-state index < -0.39 is 6.23 Å². The molecule has 1 saturated heterocycles. The summed E-state index contributed by atoms with van der Waals surface area (Å²) in [6.45, 7) is 5.15. The lowest BCUT2D eigenvalue weighted by molar-refractivity contribution is -0.130. The molecule has 4 rings (SSSR count). The highest BCUT2D eigenvalue weighted by Crippen LogP contribution is 2.38. The first kappa shape index (κ1) is 20.7. The SMILES string of the molecule is Cc1nnc2sc(C(O)NC3CCN(C(=O)CCc4ccccc4)C3)c(N)c2c1C. The van der Waals surface area contributed by atoms with Crippen molar-refractivity contribution in [2.75, 3.05) is 18.8 Å². The molecule has 4 N–H and O–H groups in total. The highest BCUT2D eigenvalue weighted by Gasteiger charge is 2.29. The van der Waals surface area contributed by atoms with Crippen molar-refractivity contribution in [2.45, 2.75) is 45.4 Å². The Hall–Kier alpha value is -2.55. The Morgan fingerprint density at radius 2 is 2.10 bits per heavy atom. The third-order valence-electron chi connectivity index (χ3n) is 5.82. The van der Waals surface area contributed by atoms with Gasteiger partial charge in [-0.15, -0.1) is 16.4 Å². The fourth-order valence-corrected chi connectivity index (χ4v) is 4.98. The number of carbonyl (C=O) groups is 1. The molecule has 7 nitrogen and oxygen atoms in total. The molecule has 1 aliphatic heterocycles. The molecule has 1 aliphatic rings. The molecule has 2 atom stereocenters. The Morgan fingerprint density at radius 1 is 1.33 bits per heavy atom. The average Bonchev–Trinajstić information content (AvgIpc) is 3.34. The number of hydrogen-bond donors (Lipinski definition) is 3. The van der Waals surface area contributed by atoms with Crippen LogP contribution < -0.4 is 11.1 Å². The first-order valence-corrected chi connectivity index (χ1v) is 11.0. The summed E-state index contributed by atoms with van der Waals surface area (Å²) >= 11 is 1.36. The summed E-state index contributed by atoms with van der Waals surface area (Å²) in [6, 6.07) is 10.1. The second kappa shape index (κ2) is 8.67. The number of aromatic nitrogens is 2. The van der Waals surface area contributed by atoms with Gasteiger partial charge in [-0.25, -0.2) is 0 Å². The minimum atomic E-state index is -0.895. The molecule has 0 aliphatic carbocycles. The first-order chi connectivity index (χ1) is 14.4. The van der Waals surface area contributed by atoms with Gasteiger partial charge in [0.05, 0.1) is 16.3 Å². The van der Waals surface area contributed by atoms with E-state index in [1.54, 1.807) is 0 Å². The molecule has 30 heavy (non-hydrogen) atoms. The topological polar surface area (TPSA) is 104 Å². The van der Waals surface area contributed by atoms with E-state index in [4.69, 9.17) is 5.73 Å².